The van der Waals surface area contributed by atoms with E-state index in [-0.39, 0.29) is 5.91 Å². The zero-order chi connectivity index (χ0) is 21.7. The topological polar surface area (TPSA) is 77.4 Å². The third-order valence-corrected chi connectivity index (χ3v) is 5.36. The van der Waals surface area contributed by atoms with Crippen molar-refractivity contribution in [1.82, 2.24) is 4.90 Å². The number of hydrogen-bond donors (Lipinski definition) is 0. The van der Waals surface area contributed by atoms with Crippen LogP contribution in [0.15, 0.2) is 52.4 Å². The molecule has 1 heterocycles. The molecule has 0 bridgehead atoms. The first-order chi connectivity index (χ1) is 14.5. The van der Waals surface area contributed by atoms with Crippen LogP contribution in [0.25, 0.3) is 6.08 Å². The summed E-state index contributed by atoms with van der Waals surface area (Å²) in [6.45, 7) is 2.36. The molecule has 0 radical (unpaired) electrons. The fourth-order valence-corrected chi connectivity index (χ4v) is 3.81. The highest BCUT2D eigenvalue weighted by Gasteiger charge is 2.31. The number of amides is 1. The van der Waals surface area contributed by atoms with E-state index < -0.39 is 5.97 Å². The third-order valence-electron chi connectivity index (χ3n) is 4.30. The number of esters is 1. The maximum Gasteiger partial charge on any atom is 0.337 e. The Labute approximate surface area is 179 Å². The molecule has 1 amide bonds. The molecule has 1 aliphatic heterocycles. The van der Waals surface area contributed by atoms with Crippen LogP contribution >= 0.6 is 11.8 Å². The van der Waals surface area contributed by atoms with Crippen molar-refractivity contribution < 1.29 is 23.8 Å². The summed E-state index contributed by atoms with van der Waals surface area (Å²) in [4.78, 5) is 31.0. The van der Waals surface area contributed by atoms with Crippen molar-refractivity contribution in [1.29, 1.82) is 0 Å². The quantitative estimate of drug-likeness (QED) is 0.511. The van der Waals surface area contributed by atoms with Gasteiger partial charge < -0.3 is 14.2 Å². The van der Waals surface area contributed by atoms with E-state index in [1.165, 1.54) is 23.8 Å². The highest BCUT2D eigenvalue weighted by atomic mass is 32.2. The van der Waals surface area contributed by atoms with Gasteiger partial charge in [0.05, 0.1) is 37.0 Å². The van der Waals surface area contributed by atoms with E-state index in [0.29, 0.717) is 39.4 Å². The molecular weight excluding hydrogens is 404 g/mol. The average Bonchev–Trinajstić information content (AvgIpc) is 3.02. The number of amidine groups is 1. The Morgan fingerprint density at radius 3 is 2.67 bits per heavy atom. The second-order valence-electron chi connectivity index (χ2n) is 6.22. The first-order valence-electron chi connectivity index (χ1n) is 9.23. The van der Waals surface area contributed by atoms with Gasteiger partial charge in [-0.25, -0.2) is 9.79 Å². The summed E-state index contributed by atoms with van der Waals surface area (Å²) in [6, 6.07) is 12.3. The monoisotopic (exact) mass is 426 g/mol. The van der Waals surface area contributed by atoms with Crippen LogP contribution in [0.3, 0.4) is 0 Å². The predicted octanol–water partition coefficient (Wildman–Crippen LogP) is 4.11. The number of nitrogens with zero attached hydrogens (tertiary/aromatic N) is 2. The second kappa shape index (κ2) is 9.49. The van der Waals surface area contributed by atoms with Gasteiger partial charge in [-0.2, -0.15) is 0 Å². The van der Waals surface area contributed by atoms with Crippen molar-refractivity contribution in [2.45, 2.75) is 6.92 Å². The smallest absolute Gasteiger partial charge is 0.337 e. The van der Waals surface area contributed by atoms with Crippen molar-refractivity contribution in [2.75, 3.05) is 27.9 Å². The molecule has 3 rings (SSSR count). The first kappa shape index (κ1) is 21.4. The van der Waals surface area contributed by atoms with Crippen LogP contribution < -0.4 is 9.47 Å². The number of hydrogen-bond acceptors (Lipinski definition) is 7. The van der Waals surface area contributed by atoms with Crippen molar-refractivity contribution in [3.05, 3.63) is 58.5 Å². The van der Waals surface area contributed by atoms with Gasteiger partial charge in [-0.05, 0) is 49.0 Å². The SMILES string of the molecule is CCOc1c(C=C2SC(=Nc3cccc(C(=O)OC)c3)N(C)C2=O)cccc1OC. The largest absolute Gasteiger partial charge is 0.493 e. The molecule has 2 aromatic rings. The molecule has 156 valence electrons. The van der Waals surface area contributed by atoms with Gasteiger partial charge in [-0.1, -0.05) is 18.2 Å². The second-order valence-corrected chi connectivity index (χ2v) is 7.23. The number of benzene rings is 2. The average molecular weight is 426 g/mol. The maximum atomic E-state index is 12.8. The number of thioether (sulfide) groups is 1. The van der Waals surface area contributed by atoms with E-state index >= 15 is 0 Å². The van der Waals surface area contributed by atoms with E-state index in [1.54, 1.807) is 44.5 Å². The van der Waals surface area contributed by atoms with Gasteiger partial charge in [0.2, 0.25) is 0 Å². The lowest BCUT2D eigenvalue weighted by Gasteiger charge is -2.12. The summed E-state index contributed by atoms with van der Waals surface area (Å²) in [5.41, 5.74) is 1.69. The van der Waals surface area contributed by atoms with E-state index in [4.69, 9.17) is 14.2 Å². The number of ether oxygens (including phenoxy) is 3. The molecule has 0 aromatic heterocycles. The zero-order valence-electron chi connectivity index (χ0n) is 17.2. The standard InChI is InChI=1S/C22H22N2O5S/c1-5-29-19-14(8-7-11-17(19)27-3)13-18-20(25)24(2)22(30-18)23-16-10-6-9-15(12-16)21(26)28-4/h6-13H,5H2,1-4H3. The minimum absolute atomic E-state index is 0.173. The van der Waals surface area contributed by atoms with Gasteiger partial charge >= 0.3 is 5.97 Å². The molecule has 0 saturated carbocycles. The number of rotatable bonds is 6. The Kier molecular flexibility index (Phi) is 6.79. The van der Waals surface area contributed by atoms with Crippen LogP contribution in [0.4, 0.5) is 5.69 Å². The van der Waals surface area contributed by atoms with Gasteiger partial charge in [0.15, 0.2) is 16.7 Å². The van der Waals surface area contributed by atoms with Crippen molar-refractivity contribution in [3.8, 4) is 11.5 Å². The summed E-state index contributed by atoms with van der Waals surface area (Å²) in [7, 11) is 4.56. The number of aliphatic imine (C=N–C) groups is 1. The van der Waals surface area contributed by atoms with Crippen LogP contribution in [0.2, 0.25) is 0 Å². The lowest BCUT2D eigenvalue weighted by molar-refractivity contribution is -0.121. The van der Waals surface area contributed by atoms with E-state index in [9.17, 15) is 9.59 Å². The van der Waals surface area contributed by atoms with E-state index in [0.717, 1.165) is 5.56 Å². The van der Waals surface area contributed by atoms with Gasteiger partial charge in [0.1, 0.15) is 0 Å². The molecule has 0 aliphatic carbocycles. The molecule has 0 unspecified atom stereocenters. The Bertz CT molecular complexity index is 1030. The molecule has 1 saturated heterocycles. The molecule has 30 heavy (non-hydrogen) atoms. The maximum absolute atomic E-state index is 12.8. The molecule has 0 N–H and O–H groups in total. The molecule has 7 nitrogen and oxygen atoms in total. The van der Waals surface area contributed by atoms with Crippen LogP contribution in [0, 0.1) is 0 Å². The number of likely N-dealkylation sites (N-methyl/N-ethyl adjacent to an activating group) is 1. The highest BCUT2D eigenvalue weighted by molar-refractivity contribution is 8.18. The summed E-state index contributed by atoms with van der Waals surface area (Å²) in [6.07, 6.45) is 1.77. The lowest BCUT2D eigenvalue weighted by Crippen LogP contribution is -2.23. The molecule has 1 aliphatic rings. The zero-order valence-corrected chi connectivity index (χ0v) is 18.0. The van der Waals surface area contributed by atoms with E-state index in [2.05, 4.69) is 4.99 Å². The predicted molar refractivity (Wildman–Crippen MR) is 117 cm³/mol. The summed E-state index contributed by atoms with van der Waals surface area (Å²) in [5, 5.41) is 0.508. The Balaban J connectivity index is 1.94. The van der Waals surface area contributed by atoms with Crippen molar-refractivity contribution >= 4 is 40.6 Å². The molecule has 0 atom stereocenters. The summed E-state index contributed by atoms with van der Waals surface area (Å²) in [5.74, 6) is 0.571. The van der Waals surface area contributed by atoms with Gasteiger partial charge in [0.25, 0.3) is 5.91 Å². The fraction of sp³-hybridized carbons (Fsp3) is 0.227. The molecule has 8 heteroatoms. The number of carbonyl (C=O) groups is 2. The van der Waals surface area contributed by atoms with Crippen molar-refractivity contribution in [3.63, 3.8) is 0 Å². The number of methoxy groups -OCH3 is 2. The Morgan fingerprint density at radius 2 is 1.97 bits per heavy atom. The molecular formula is C22H22N2O5S. The lowest BCUT2D eigenvalue weighted by atomic mass is 10.1. The minimum atomic E-state index is -0.442. The number of carbonyl (C=O) groups excluding carboxylic acids is 2. The van der Waals surface area contributed by atoms with Crippen molar-refractivity contribution in [2.24, 2.45) is 4.99 Å². The van der Waals surface area contributed by atoms with Gasteiger partial charge in [-0.15, -0.1) is 0 Å². The molecule has 0 spiro atoms. The third kappa shape index (κ3) is 4.49. The molecule has 2 aromatic carbocycles. The summed E-state index contributed by atoms with van der Waals surface area (Å²) >= 11 is 1.25. The minimum Gasteiger partial charge on any atom is -0.493 e. The normalized spacial score (nSPS) is 16.3. The Morgan fingerprint density at radius 1 is 1.20 bits per heavy atom. The van der Waals surface area contributed by atoms with Crippen LogP contribution in [-0.4, -0.2) is 49.8 Å². The molecule has 1 fully saturated rings. The summed E-state index contributed by atoms with van der Waals surface area (Å²) < 4.78 is 15.8. The van der Waals surface area contributed by atoms with Crippen LogP contribution in [-0.2, 0) is 9.53 Å². The number of para-hydroxylation sites is 1. The Hall–Kier alpha value is -3.26. The highest BCUT2D eigenvalue weighted by Crippen LogP contribution is 2.37. The fourth-order valence-electron chi connectivity index (χ4n) is 2.83. The van der Waals surface area contributed by atoms with Gasteiger partial charge in [-0.3, -0.25) is 9.69 Å². The van der Waals surface area contributed by atoms with Gasteiger partial charge in [0, 0.05) is 12.6 Å². The van der Waals surface area contributed by atoms with E-state index in [1.807, 2.05) is 25.1 Å². The van der Waals surface area contributed by atoms with Crippen LogP contribution in [0.5, 0.6) is 11.5 Å². The van der Waals surface area contributed by atoms with Crippen LogP contribution in [0.1, 0.15) is 22.8 Å². The first-order valence-corrected chi connectivity index (χ1v) is 10.0.